The molecule has 0 spiro atoms. The summed E-state index contributed by atoms with van der Waals surface area (Å²) >= 11 is 3.41. The summed E-state index contributed by atoms with van der Waals surface area (Å²) < 4.78 is 2.18. The molecule has 4 nitrogen and oxygen atoms in total. The van der Waals surface area contributed by atoms with Gasteiger partial charge in [-0.3, -0.25) is 4.79 Å². The van der Waals surface area contributed by atoms with E-state index in [1.165, 1.54) is 19.3 Å². The molecule has 20 heavy (non-hydrogen) atoms. The second kappa shape index (κ2) is 6.74. The van der Waals surface area contributed by atoms with Crippen molar-refractivity contribution >= 4 is 21.6 Å². The van der Waals surface area contributed by atoms with Gasteiger partial charge in [-0.15, -0.1) is 0 Å². The molecule has 1 atom stereocenters. The third-order valence-electron chi connectivity index (χ3n) is 3.69. The van der Waals surface area contributed by atoms with Gasteiger partial charge < -0.3 is 5.32 Å². The topological polar surface area (TPSA) is 46.9 Å². The van der Waals surface area contributed by atoms with E-state index in [1.807, 2.05) is 0 Å². The highest BCUT2D eigenvalue weighted by Gasteiger charge is 2.23. The van der Waals surface area contributed by atoms with Crippen molar-refractivity contribution in [1.82, 2.24) is 9.78 Å². The van der Waals surface area contributed by atoms with E-state index >= 15 is 0 Å². The van der Waals surface area contributed by atoms with Crippen molar-refractivity contribution < 1.29 is 0 Å². The highest BCUT2D eigenvalue weighted by atomic mass is 79.9. The van der Waals surface area contributed by atoms with Crippen LogP contribution in [0.15, 0.2) is 15.5 Å². The van der Waals surface area contributed by atoms with Gasteiger partial charge in [0.15, 0.2) is 0 Å². The normalized spacial score (nSPS) is 16.4. The SMILES string of the molecule is CC(C)CCC(C)Nc1cnn(CC2CC2)c(=O)c1Br. The fourth-order valence-corrected chi connectivity index (χ4v) is 2.58. The molecule has 1 fully saturated rings. The van der Waals surface area contributed by atoms with Gasteiger partial charge in [0.1, 0.15) is 4.47 Å². The predicted octanol–water partition coefficient (Wildman–Crippen LogP) is 3.65. The second-order valence-electron chi connectivity index (χ2n) is 6.32. The summed E-state index contributed by atoms with van der Waals surface area (Å²) in [5.74, 6) is 1.35. The summed E-state index contributed by atoms with van der Waals surface area (Å²) in [7, 11) is 0. The van der Waals surface area contributed by atoms with E-state index in [0.717, 1.165) is 18.7 Å². The molecule has 1 saturated carbocycles. The summed E-state index contributed by atoms with van der Waals surface area (Å²) in [6, 6.07) is 0.342. The van der Waals surface area contributed by atoms with Crippen LogP contribution in [0.2, 0.25) is 0 Å². The van der Waals surface area contributed by atoms with E-state index < -0.39 is 0 Å². The Kier molecular flexibility index (Phi) is 5.24. The number of hydrogen-bond donors (Lipinski definition) is 1. The quantitative estimate of drug-likeness (QED) is 0.823. The molecule has 0 aromatic carbocycles. The Labute approximate surface area is 129 Å². The summed E-state index contributed by atoms with van der Waals surface area (Å²) in [6.45, 7) is 7.34. The van der Waals surface area contributed by atoms with Gasteiger partial charge in [-0.05, 0) is 60.4 Å². The summed E-state index contributed by atoms with van der Waals surface area (Å²) in [6.07, 6.45) is 6.48. The van der Waals surface area contributed by atoms with E-state index in [0.29, 0.717) is 22.4 Å². The molecular weight excluding hydrogens is 318 g/mol. The molecule has 0 aliphatic heterocycles. The van der Waals surface area contributed by atoms with Gasteiger partial charge in [0.2, 0.25) is 0 Å². The smallest absolute Gasteiger partial charge is 0.283 e. The lowest BCUT2D eigenvalue weighted by Crippen LogP contribution is -2.26. The lowest BCUT2D eigenvalue weighted by molar-refractivity contribution is 0.522. The number of hydrogen-bond acceptors (Lipinski definition) is 3. The molecule has 5 heteroatoms. The van der Waals surface area contributed by atoms with Crippen molar-refractivity contribution in [2.75, 3.05) is 5.32 Å². The van der Waals surface area contributed by atoms with Gasteiger partial charge in [0.05, 0.1) is 11.9 Å². The van der Waals surface area contributed by atoms with E-state index in [4.69, 9.17) is 0 Å². The number of rotatable bonds is 7. The molecule has 1 unspecified atom stereocenters. The molecular formula is C15H24BrN3O. The molecule has 1 N–H and O–H groups in total. The van der Waals surface area contributed by atoms with Crippen LogP contribution in [0.25, 0.3) is 0 Å². The van der Waals surface area contributed by atoms with Crippen LogP contribution in [0.5, 0.6) is 0 Å². The van der Waals surface area contributed by atoms with Crippen molar-refractivity contribution in [3.05, 3.63) is 21.0 Å². The predicted molar refractivity (Wildman–Crippen MR) is 86.1 cm³/mol. The maximum atomic E-state index is 12.2. The van der Waals surface area contributed by atoms with Gasteiger partial charge in [0, 0.05) is 12.6 Å². The maximum Gasteiger partial charge on any atom is 0.283 e. The van der Waals surface area contributed by atoms with Gasteiger partial charge in [-0.25, -0.2) is 4.68 Å². The number of nitrogens with zero attached hydrogens (tertiary/aromatic N) is 2. The van der Waals surface area contributed by atoms with E-state index in [9.17, 15) is 4.79 Å². The highest BCUT2D eigenvalue weighted by molar-refractivity contribution is 9.10. The molecule has 112 valence electrons. The lowest BCUT2D eigenvalue weighted by Gasteiger charge is -2.17. The third-order valence-corrected chi connectivity index (χ3v) is 4.46. The minimum absolute atomic E-state index is 0.0297. The molecule has 1 heterocycles. The first-order valence-corrected chi connectivity index (χ1v) is 8.28. The monoisotopic (exact) mass is 341 g/mol. The van der Waals surface area contributed by atoms with Gasteiger partial charge in [-0.2, -0.15) is 5.10 Å². The van der Waals surface area contributed by atoms with Crippen molar-refractivity contribution in [3.63, 3.8) is 0 Å². The summed E-state index contributed by atoms with van der Waals surface area (Å²) in [5, 5.41) is 7.66. The van der Waals surface area contributed by atoms with Crippen LogP contribution in [-0.2, 0) is 6.54 Å². The average molecular weight is 342 g/mol. The van der Waals surface area contributed by atoms with Crippen molar-refractivity contribution in [1.29, 1.82) is 0 Å². The second-order valence-corrected chi connectivity index (χ2v) is 7.11. The molecule has 1 aromatic rings. The van der Waals surface area contributed by atoms with Gasteiger partial charge in [-0.1, -0.05) is 13.8 Å². The van der Waals surface area contributed by atoms with Gasteiger partial charge in [0.25, 0.3) is 5.56 Å². The molecule has 0 bridgehead atoms. The highest BCUT2D eigenvalue weighted by Crippen LogP contribution is 2.30. The third kappa shape index (κ3) is 4.33. The molecule has 1 aliphatic rings. The first kappa shape index (κ1) is 15.5. The number of aromatic nitrogens is 2. The Hall–Kier alpha value is -0.840. The Morgan fingerprint density at radius 2 is 2.10 bits per heavy atom. The molecule has 0 radical (unpaired) electrons. The number of nitrogens with one attached hydrogen (secondary N) is 1. The average Bonchev–Trinajstić information content (AvgIpc) is 3.20. The Balaban J connectivity index is 2.01. The van der Waals surface area contributed by atoms with Crippen LogP contribution in [-0.4, -0.2) is 15.8 Å². The van der Waals surface area contributed by atoms with Crippen molar-refractivity contribution in [3.8, 4) is 0 Å². The minimum atomic E-state index is -0.0297. The van der Waals surface area contributed by atoms with E-state index in [-0.39, 0.29) is 5.56 Å². The van der Waals surface area contributed by atoms with Crippen molar-refractivity contribution in [2.45, 2.75) is 59.0 Å². The maximum absolute atomic E-state index is 12.2. The Bertz CT molecular complexity index is 508. The summed E-state index contributed by atoms with van der Waals surface area (Å²) in [5.41, 5.74) is 0.774. The standard InChI is InChI=1S/C15H24BrN3O/c1-10(2)4-5-11(3)18-13-8-17-19(9-12-6-7-12)15(20)14(13)16/h8,10-12,18H,4-7,9H2,1-3H3. The van der Waals surface area contributed by atoms with Gasteiger partial charge >= 0.3 is 0 Å². The fourth-order valence-electron chi connectivity index (χ4n) is 2.16. The first-order valence-electron chi connectivity index (χ1n) is 7.49. The van der Waals surface area contributed by atoms with Crippen molar-refractivity contribution in [2.24, 2.45) is 11.8 Å². The summed E-state index contributed by atoms with van der Waals surface area (Å²) in [4.78, 5) is 12.2. The zero-order valence-electron chi connectivity index (χ0n) is 12.5. The number of halogens is 1. The van der Waals surface area contributed by atoms with E-state index in [1.54, 1.807) is 10.9 Å². The molecule has 1 aliphatic carbocycles. The molecule has 0 saturated heterocycles. The minimum Gasteiger partial charge on any atom is -0.380 e. The van der Waals surface area contributed by atoms with Crippen LogP contribution in [0.4, 0.5) is 5.69 Å². The van der Waals surface area contributed by atoms with Crippen LogP contribution in [0, 0.1) is 11.8 Å². The fraction of sp³-hybridized carbons (Fsp3) is 0.733. The Morgan fingerprint density at radius 1 is 1.40 bits per heavy atom. The zero-order valence-corrected chi connectivity index (χ0v) is 14.1. The zero-order chi connectivity index (χ0) is 14.7. The molecule has 0 amide bonds. The van der Waals surface area contributed by atoms with E-state index in [2.05, 4.69) is 47.1 Å². The van der Waals surface area contributed by atoms with Crippen LogP contribution in [0.1, 0.15) is 46.5 Å². The lowest BCUT2D eigenvalue weighted by atomic mass is 10.0. The Morgan fingerprint density at radius 3 is 2.70 bits per heavy atom. The first-order chi connectivity index (χ1) is 9.47. The van der Waals surface area contributed by atoms with Crippen LogP contribution < -0.4 is 10.9 Å². The largest absolute Gasteiger partial charge is 0.380 e. The number of anilines is 1. The van der Waals surface area contributed by atoms with Crippen LogP contribution in [0.3, 0.4) is 0 Å². The molecule has 1 aromatic heterocycles. The van der Waals surface area contributed by atoms with Crippen LogP contribution >= 0.6 is 15.9 Å². The molecule has 2 rings (SSSR count).